The molecule has 0 N–H and O–H groups in total. The maximum atomic E-state index is 13.7. The fraction of sp³-hybridized carbons (Fsp3) is 0.214. The lowest BCUT2D eigenvalue weighted by atomic mass is 9.85. The van der Waals surface area contributed by atoms with E-state index in [1.54, 1.807) is 10.6 Å². The van der Waals surface area contributed by atoms with Crippen LogP contribution in [0.15, 0.2) is 79.0 Å². The Labute approximate surface area is 198 Å². The molecule has 0 spiro atoms. The van der Waals surface area contributed by atoms with Crippen LogP contribution in [0.25, 0.3) is 10.9 Å². The van der Waals surface area contributed by atoms with E-state index in [1.807, 2.05) is 84.8 Å². The molecule has 0 unspecified atom stereocenters. The van der Waals surface area contributed by atoms with Crippen LogP contribution in [0.2, 0.25) is 5.02 Å². The number of benzene rings is 3. The summed E-state index contributed by atoms with van der Waals surface area (Å²) >= 11 is 6.12. The summed E-state index contributed by atoms with van der Waals surface area (Å²) in [5.41, 5.74) is 4.38. The molecule has 0 radical (unpaired) electrons. The monoisotopic (exact) mass is 456 g/mol. The summed E-state index contributed by atoms with van der Waals surface area (Å²) in [4.78, 5) is 29.1. The van der Waals surface area contributed by atoms with Gasteiger partial charge in [-0.05, 0) is 73.4 Å². The fourth-order valence-electron chi connectivity index (χ4n) is 4.85. The van der Waals surface area contributed by atoms with E-state index in [4.69, 9.17) is 11.6 Å². The molecular weight excluding hydrogens is 432 g/mol. The van der Waals surface area contributed by atoms with Gasteiger partial charge in [0, 0.05) is 33.9 Å². The van der Waals surface area contributed by atoms with Gasteiger partial charge in [0.05, 0.1) is 11.4 Å². The molecule has 0 bridgehead atoms. The standard InChI is InChI=1S/C28H25ClN2O2/c1-3-19-8-10-20(11-9-19)27(32)31-18(2)16-24(23-6-4-5-7-26(23)31)28(33)30-15-14-21-17-22(29)12-13-25(21)30/h4-15,17-18,24H,3,16H2,1-2H3/t18-,24-/m0/s1. The number of para-hydroxylation sites is 1. The molecule has 0 aliphatic carbocycles. The molecule has 0 saturated carbocycles. The van der Waals surface area contributed by atoms with Gasteiger partial charge in [0.15, 0.2) is 0 Å². The van der Waals surface area contributed by atoms with Crippen LogP contribution in [0, 0.1) is 0 Å². The molecule has 1 aliphatic heterocycles. The van der Waals surface area contributed by atoms with E-state index in [9.17, 15) is 9.59 Å². The smallest absolute Gasteiger partial charge is 0.258 e. The zero-order valence-electron chi connectivity index (χ0n) is 18.7. The first kappa shape index (κ1) is 21.5. The van der Waals surface area contributed by atoms with Gasteiger partial charge in [-0.15, -0.1) is 0 Å². The number of fused-ring (bicyclic) bond motifs is 2. The Balaban J connectivity index is 1.53. The Bertz CT molecular complexity index is 1360. The Morgan fingerprint density at radius 2 is 1.76 bits per heavy atom. The van der Waals surface area contributed by atoms with E-state index >= 15 is 0 Å². The van der Waals surface area contributed by atoms with Gasteiger partial charge in [-0.3, -0.25) is 14.2 Å². The van der Waals surface area contributed by atoms with Crippen molar-refractivity contribution in [3.8, 4) is 0 Å². The maximum Gasteiger partial charge on any atom is 0.258 e. The molecule has 1 aliphatic rings. The first-order chi connectivity index (χ1) is 16.0. The molecular formula is C28H25ClN2O2. The third kappa shape index (κ3) is 3.75. The van der Waals surface area contributed by atoms with Crippen molar-refractivity contribution in [2.75, 3.05) is 4.90 Å². The number of nitrogens with zero attached hydrogens (tertiary/aromatic N) is 2. The van der Waals surface area contributed by atoms with Gasteiger partial charge in [0.2, 0.25) is 5.91 Å². The topological polar surface area (TPSA) is 42.3 Å². The third-order valence-corrected chi connectivity index (χ3v) is 6.84. The summed E-state index contributed by atoms with van der Waals surface area (Å²) < 4.78 is 1.71. The molecule has 0 fully saturated rings. The fourth-order valence-corrected chi connectivity index (χ4v) is 5.03. The lowest BCUT2D eigenvalue weighted by Gasteiger charge is -2.39. The predicted molar refractivity (Wildman–Crippen MR) is 133 cm³/mol. The van der Waals surface area contributed by atoms with E-state index in [-0.39, 0.29) is 23.8 Å². The lowest BCUT2D eigenvalue weighted by Crippen LogP contribution is -2.45. The van der Waals surface area contributed by atoms with Crippen LogP contribution in [-0.4, -0.2) is 22.4 Å². The van der Waals surface area contributed by atoms with E-state index in [0.29, 0.717) is 17.0 Å². The molecule has 166 valence electrons. The number of hydrogen-bond acceptors (Lipinski definition) is 2. The number of aryl methyl sites for hydroxylation is 1. The number of hydrogen-bond donors (Lipinski definition) is 0. The summed E-state index contributed by atoms with van der Waals surface area (Å²) in [6.07, 6.45) is 3.30. The van der Waals surface area contributed by atoms with Crippen molar-refractivity contribution in [3.05, 3.63) is 101 Å². The van der Waals surface area contributed by atoms with E-state index in [0.717, 1.165) is 28.6 Å². The maximum absolute atomic E-state index is 13.7. The normalized spacial score (nSPS) is 17.7. The van der Waals surface area contributed by atoms with E-state index < -0.39 is 0 Å². The van der Waals surface area contributed by atoms with Crippen molar-refractivity contribution in [2.45, 2.75) is 38.6 Å². The zero-order chi connectivity index (χ0) is 23.1. The highest BCUT2D eigenvalue weighted by Gasteiger charge is 2.37. The van der Waals surface area contributed by atoms with Gasteiger partial charge in [-0.1, -0.05) is 48.9 Å². The second kappa shape index (κ2) is 8.53. The SMILES string of the molecule is CCc1ccc(C(=O)N2c3ccccc3[C@@H](C(=O)n3ccc4cc(Cl)ccc43)C[C@@H]2C)cc1. The molecule has 4 aromatic rings. The minimum Gasteiger partial charge on any atom is -0.305 e. The van der Waals surface area contributed by atoms with Crippen LogP contribution in [0.3, 0.4) is 0 Å². The van der Waals surface area contributed by atoms with Gasteiger partial charge in [-0.25, -0.2) is 0 Å². The highest BCUT2D eigenvalue weighted by atomic mass is 35.5. The van der Waals surface area contributed by atoms with Crippen LogP contribution in [0.1, 0.15) is 52.5 Å². The Hall–Kier alpha value is -3.37. The number of carbonyl (C=O) groups excluding carboxylic acids is 2. The predicted octanol–water partition coefficient (Wildman–Crippen LogP) is 6.72. The molecule has 3 aromatic carbocycles. The molecule has 5 heteroatoms. The van der Waals surface area contributed by atoms with Crippen molar-refractivity contribution in [2.24, 2.45) is 0 Å². The molecule has 0 saturated heterocycles. The first-order valence-corrected chi connectivity index (χ1v) is 11.7. The second-order valence-electron chi connectivity index (χ2n) is 8.65. The molecule has 5 rings (SSSR count). The Morgan fingerprint density at radius 3 is 2.52 bits per heavy atom. The van der Waals surface area contributed by atoms with Crippen molar-refractivity contribution >= 4 is 40.0 Å². The third-order valence-electron chi connectivity index (χ3n) is 6.61. The Kier molecular flexibility index (Phi) is 5.55. The van der Waals surface area contributed by atoms with Gasteiger partial charge in [0.1, 0.15) is 0 Å². The number of aromatic nitrogens is 1. The van der Waals surface area contributed by atoms with Crippen LogP contribution in [-0.2, 0) is 6.42 Å². The quantitative estimate of drug-likeness (QED) is 0.343. The number of rotatable bonds is 3. The first-order valence-electron chi connectivity index (χ1n) is 11.3. The van der Waals surface area contributed by atoms with Gasteiger partial charge < -0.3 is 4.90 Å². The summed E-state index contributed by atoms with van der Waals surface area (Å²) in [7, 11) is 0. The van der Waals surface area contributed by atoms with Gasteiger partial charge >= 0.3 is 0 Å². The highest BCUT2D eigenvalue weighted by molar-refractivity contribution is 6.31. The van der Waals surface area contributed by atoms with Crippen LogP contribution >= 0.6 is 11.6 Å². The van der Waals surface area contributed by atoms with E-state index in [2.05, 4.69) is 6.92 Å². The largest absolute Gasteiger partial charge is 0.305 e. The summed E-state index contributed by atoms with van der Waals surface area (Å²) in [5, 5.41) is 1.57. The second-order valence-corrected chi connectivity index (χ2v) is 9.09. The van der Waals surface area contributed by atoms with E-state index in [1.165, 1.54) is 5.56 Å². The van der Waals surface area contributed by atoms with Gasteiger partial charge in [-0.2, -0.15) is 0 Å². The van der Waals surface area contributed by atoms with Crippen molar-refractivity contribution in [3.63, 3.8) is 0 Å². The number of anilines is 1. The molecule has 1 amide bonds. The average molecular weight is 457 g/mol. The zero-order valence-corrected chi connectivity index (χ0v) is 19.4. The van der Waals surface area contributed by atoms with Gasteiger partial charge in [0.25, 0.3) is 5.91 Å². The molecule has 1 aromatic heterocycles. The molecule has 4 nitrogen and oxygen atoms in total. The summed E-state index contributed by atoms with van der Waals surface area (Å²) in [6.45, 7) is 4.11. The summed E-state index contributed by atoms with van der Waals surface area (Å²) in [5.74, 6) is -0.371. The highest BCUT2D eigenvalue weighted by Crippen LogP contribution is 2.40. The van der Waals surface area contributed by atoms with Crippen LogP contribution in [0.5, 0.6) is 0 Å². The van der Waals surface area contributed by atoms with Crippen molar-refractivity contribution in [1.82, 2.24) is 4.57 Å². The van der Waals surface area contributed by atoms with Crippen molar-refractivity contribution in [1.29, 1.82) is 0 Å². The molecule has 2 atom stereocenters. The minimum absolute atomic E-state index is 0.00557. The van der Waals surface area contributed by atoms with Crippen LogP contribution < -0.4 is 4.90 Å². The minimum atomic E-state index is -0.339. The lowest BCUT2D eigenvalue weighted by molar-refractivity contribution is 0.0860. The van der Waals surface area contributed by atoms with Crippen molar-refractivity contribution < 1.29 is 9.59 Å². The number of halogens is 1. The number of amides is 1. The molecule has 33 heavy (non-hydrogen) atoms. The number of carbonyl (C=O) groups is 2. The van der Waals surface area contributed by atoms with Crippen LogP contribution in [0.4, 0.5) is 5.69 Å². The average Bonchev–Trinajstić information content (AvgIpc) is 3.25. The Morgan fingerprint density at radius 1 is 1.00 bits per heavy atom. The molecule has 2 heterocycles. The summed E-state index contributed by atoms with van der Waals surface area (Å²) in [6, 6.07) is 22.9.